The summed E-state index contributed by atoms with van der Waals surface area (Å²) in [5, 5.41) is 18.9. The van der Waals surface area contributed by atoms with Gasteiger partial charge in [0.25, 0.3) is 0 Å². The van der Waals surface area contributed by atoms with E-state index in [0.717, 1.165) is 16.5 Å². The average Bonchev–Trinajstić information content (AvgIpc) is 2.62. The first-order valence-electron chi connectivity index (χ1n) is 4.85. The highest BCUT2D eigenvalue weighted by atomic mass is 16.5. The van der Waals surface area contributed by atoms with Crippen LogP contribution in [0, 0.1) is 0 Å². The predicted molar refractivity (Wildman–Crippen MR) is 58.2 cm³/mol. The first kappa shape index (κ1) is 10.2. The van der Waals surface area contributed by atoms with Gasteiger partial charge in [-0.1, -0.05) is 18.2 Å². The number of benzene rings is 1. The van der Waals surface area contributed by atoms with Crippen molar-refractivity contribution in [2.45, 2.75) is 18.8 Å². The summed E-state index contributed by atoms with van der Waals surface area (Å²) in [6.45, 7) is 0. The van der Waals surface area contributed by atoms with Crippen molar-refractivity contribution in [2.75, 3.05) is 0 Å². The Morgan fingerprint density at radius 2 is 2.00 bits per heavy atom. The van der Waals surface area contributed by atoms with Crippen molar-refractivity contribution in [3.05, 3.63) is 36.0 Å². The maximum Gasteiger partial charge on any atom is 0.167 e. The fourth-order valence-corrected chi connectivity index (χ4v) is 1.66. The van der Waals surface area contributed by atoms with Crippen molar-refractivity contribution in [1.82, 2.24) is 4.98 Å². The van der Waals surface area contributed by atoms with Gasteiger partial charge in [-0.2, -0.15) is 0 Å². The Morgan fingerprint density at radius 1 is 1.27 bits per heavy atom. The number of para-hydroxylation sites is 1. The maximum atomic E-state index is 8.91. The average molecular weight is 206 g/mol. The van der Waals surface area contributed by atoms with Crippen LogP contribution < -0.4 is 5.73 Å². The van der Waals surface area contributed by atoms with Gasteiger partial charge in [-0.25, -0.2) is 0 Å². The van der Waals surface area contributed by atoms with Gasteiger partial charge in [0.15, 0.2) is 6.29 Å². The minimum Gasteiger partial charge on any atom is -0.367 e. The van der Waals surface area contributed by atoms with Crippen LogP contribution in [0.25, 0.3) is 10.9 Å². The van der Waals surface area contributed by atoms with Crippen LogP contribution >= 0.6 is 0 Å². The summed E-state index contributed by atoms with van der Waals surface area (Å²) in [4.78, 5) is 3.11. The number of hydrogen-bond acceptors (Lipinski definition) is 3. The molecule has 0 aliphatic rings. The van der Waals surface area contributed by atoms with Gasteiger partial charge >= 0.3 is 0 Å². The van der Waals surface area contributed by atoms with Gasteiger partial charge < -0.3 is 20.9 Å². The number of fused-ring (bicyclic) bond motifs is 1. The van der Waals surface area contributed by atoms with E-state index in [0.29, 0.717) is 6.42 Å². The summed E-state index contributed by atoms with van der Waals surface area (Å²) in [6, 6.07) is 7.20. The third-order valence-electron chi connectivity index (χ3n) is 2.51. The molecule has 5 N–H and O–H groups in total. The molecule has 4 heteroatoms. The van der Waals surface area contributed by atoms with E-state index in [1.807, 2.05) is 30.5 Å². The Hall–Kier alpha value is -1.36. The summed E-state index contributed by atoms with van der Waals surface area (Å²) >= 11 is 0. The van der Waals surface area contributed by atoms with Crippen molar-refractivity contribution in [1.29, 1.82) is 0 Å². The minimum atomic E-state index is -1.47. The normalized spacial score (nSPS) is 13.6. The second kappa shape index (κ2) is 4.02. The highest BCUT2D eigenvalue weighted by Crippen LogP contribution is 2.18. The molecule has 0 bridgehead atoms. The number of hydrogen-bond donors (Lipinski definition) is 4. The summed E-state index contributed by atoms with van der Waals surface area (Å²) in [7, 11) is 0. The highest BCUT2D eigenvalue weighted by Gasteiger charge is 2.13. The van der Waals surface area contributed by atoms with Gasteiger partial charge in [0.05, 0.1) is 6.04 Å². The maximum absolute atomic E-state index is 8.91. The van der Waals surface area contributed by atoms with E-state index in [4.69, 9.17) is 15.9 Å². The lowest BCUT2D eigenvalue weighted by Crippen LogP contribution is -2.36. The SMILES string of the molecule is N[C@@H](Cc1c[nH]c2ccccc12)C(O)O. The molecule has 80 valence electrons. The quantitative estimate of drug-likeness (QED) is 0.547. The topological polar surface area (TPSA) is 82.3 Å². The van der Waals surface area contributed by atoms with Crippen LogP contribution in [0.4, 0.5) is 0 Å². The lowest BCUT2D eigenvalue weighted by Gasteiger charge is -2.12. The standard InChI is InChI=1S/C11H14N2O2/c12-9(11(14)15)5-7-6-13-10-4-2-1-3-8(7)10/h1-4,6,9,11,13-15H,5,12H2/t9-/m0/s1. The second-order valence-corrected chi connectivity index (χ2v) is 3.64. The molecule has 0 saturated carbocycles. The molecule has 1 heterocycles. The first-order valence-corrected chi connectivity index (χ1v) is 4.85. The molecule has 0 fully saturated rings. The Balaban J connectivity index is 2.29. The lowest BCUT2D eigenvalue weighted by molar-refractivity contribution is -0.0576. The van der Waals surface area contributed by atoms with Crippen LogP contribution in [0.1, 0.15) is 5.56 Å². The zero-order chi connectivity index (χ0) is 10.8. The molecule has 1 aromatic heterocycles. The zero-order valence-corrected chi connectivity index (χ0v) is 8.22. The van der Waals surface area contributed by atoms with E-state index in [9.17, 15) is 0 Å². The molecule has 0 radical (unpaired) electrons. The number of aliphatic hydroxyl groups is 2. The molecule has 0 aliphatic heterocycles. The Bertz CT molecular complexity index is 451. The molecule has 0 spiro atoms. The van der Waals surface area contributed by atoms with E-state index in [-0.39, 0.29) is 0 Å². The van der Waals surface area contributed by atoms with E-state index in [2.05, 4.69) is 4.98 Å². The molecule has 2 rings (SSSR count). The molecule has 1 atom stereocenters. The summed E-state index contributed by atoms with van der Waals surface area (Å²) in [6.07, 6.45) is 0.827. The van der Waals surface area contributed by atoms with Crippen LogP contribution in [0.5, 0.6) is 0 Å². The Morgan fingerprint density at radius 3 is 2.73 bits per heavy atom. The van der Waals surface area contributed by atoms with Gasteiger partial charge in [-0.05, 0) is 18.1 Å². The molecule has 0 unspecified atom stereocenters. The fraction of sp³-hybridized carbons (Fsp3) is 0.273. The largest absolute Gasteiger partial charge is 0.367 e. The number of aromatic nitrogens is 1. The molecule has 15 heavy (non-hydrogen) atoms. The molecule has 0 aliphatic carbocycles. The molecule has 0 saturated heterocycles. The van der Waals surface area contributed by atoms with Crippen LogP contribution in [0.15, 0.2) is 30.5 Å². The molecule has 4 nitrogen and oxygen atoms in total. The van der Waals surface area contributed by atoms with Gasteiger partial charge in [0.2, 0.25) is 0 Å². The monoisotopic (exact) mass is 206 g/mol. The van der Waals surface area contributed by atoms with Crippen molar-refractivity contribution in [3.63, 3.8) is 0 Å². The van der Waals surface area contributed by atoms with Crippen molar-refractivity contribution in [3.8, 4) is 0 Å². The molecule has 0 amide bonds. The summed E-state index contributed by atoms with van der Waals surface area (Å²) < 4.78 is 0. The molecule has 1 aromatic carbocycles. The van der Waals surface area contributed by atoms with E-state index < -0.39 is 12.3 Å². The minimum absolute atomic E-state index is 0.446. The van der Waals surface area contributed by atoms with Crippen molar-refractivity contribution in [2.24, 2.45) is 5.73 Å². The number of nitrogens with two attached hydrogens (primary N) is 1. The summed E-state index contributed by atoms with van der Waals surface area (Å²) in [5.74, 6) is 0. The van der Waals surface area contributed by atoms with Crippen LogP contribution in [-0.4, -0.2) is 27.5 Å². The van der Waals surface area contributed by atoms with Crippen molar-refractivity contribution < 1.29 is 10.2 Å². The van der Waals surface area contributed by atoms with E-state index in [1.54, 1.807) is 0 Å². The van der Waals surface area contributed by atoms with Crippen LogP contribution in [-0.2, 0) is 6.42 Å². The number of aromatic amines is 1. The first-order chi connectivity index (χ1) is 7.18. The molecular formula is C11H14N2O2. The Labute approximate surface area is 87.3 Å². The van der Waals surface area contributed by atoms with Crippen LogP contribution in [0.2, 0.25) is 0 Å². The Kier molecular flexibility index (Phi) is 2.73. The lowest BCUT2D eigenvalue weighted by atomic mass is 10.1. The van der Waals surface area contributed by atoms with Crippen LogP contribution in [0.3, 0.4) is 0 Å². The zero-order valence-electron chi connectivity index (χ0n) is 8.22. The third kappa shape index (κ3) is 2.02. The fourth-order valence-electron chi connectivity index (χ4n) is 1.66. The number of rotatable bonds is 3. The number of aliphatic hydroxyl groups excluding tert-OH is 1. The molecule has 2 aromatic rings. The number of nitrogens with one attached hydrogen (secondary N) is 1. The van der Waals surface area contributed by atoms with Gasteiger partial charge in [0, 0.05) is 17.1 Å². The van der Waals surface area contributed by atoms with Gasteiger partial charge in [-0.3, -0.25) is 0 Å². The van der Waals surface area contributed by atoms with Crippen molar-refractivity contribution >= 4 is 10.9 Å². The summed E-state index contributed by atoms with van der Waals surface area (Å²) in [5.41, 5.74) is 7.62. The second-order valence-electron chi connectivity index (χ2n) is 3.64. The van der Waals surface area contributed by atoms with E-state index in [1.165, 1.54) is 0 Å². The van der Waals surface area contributed by atoms with Gasteiger partial charge in [-0.15, -0.1) is 0 Å². The third-order valence-corrected chi connectivity index (χ3v) is 2.51. The predicted octanol–water partition coefficient (Wildman–Crippen LogP) is 0.348. The highest BCUT2D eigenvalue weighted by molar-refractivity contribution is 5.83. The van der Waals surface area contributed by atoms with Gasteiger partial charge in [0.1, 0.15) is 0 Å². The smallest absolute Gasteiger partial charge is 0.167 e. The van der Waals surface area contributed by atoms with E-state index >= 15 is 0 Å². The molecular weight excluding hydrogens is 192 g/mol. The number of H-pyrrole nitrogens is 1.